The van der Waals surface area contributed by atoms with Gasteiger partial charge in [0, 0.05) is 44.2 Å². The molecule has 1 aliphatic rings. The number of nitrogens with one attached hydrogen (secondary N) is 2. The molecule has 0 radical (unpaired) electrons. The van der Waals surface area contributed by atoms with E-state index in [1.165, 1.54) is 6.07 Å². The van der Waals surface area contributed by atoms with E-state index in [0.29, 0.717) is 18.3 Å². The zero-order valence-electron chi connectivity index (χ0n) is 20.1. The lowest BCUT2D eigenvalue weighted by Crippen LogP contribution is -2.33. The van der Waals surface area contributed by atoms with Gasteiger partial charge in [-0.2, -0.15) is 0 Å². The zero-order valence-corrected chi connectivity index (χ0v) is 20.9. The van der Waals surface area contributed by atoms with Crippen molar-refractivity contribution in [2.45, 2.75) is 38.9 Å². The number of carbonyl (C=O) groups excluding carboxylic acids is 1. The molecule has 0 unspecified atom stereocenters. The smallest absolute Gasteiger partial charge is 0.226 e. The van der Waals surface area contributed by atoms with E-state index in [1.54, 1.807) is 31.5 Å². The molecule has 1 aromatic carbocycles. The molecule has 3 heterocycles. The maximum Gasteiger partial charge on any atom is 0.226 e. The Kier molecular flexibility index (Phi) is 7.77. The molecular weight excluding hydrogens is 465 g/mol. The number of nitrogens with zero attached hydrogens (tertiary/aromatic N) is 3. The Morgan fingerprint density at radius 3 is 2.69 bits per heavy atom. The summed E-state index contributed by atoms with van der Waals surface area (Å²) in [5, 5.41) is 6.64. The molecular formula is C26H30FN5O2S. The first-order valence-electron chi connectivity index (χ1n) is 11.6. The van der Waals surface area contributed by atoms with Gasteiger partial charge >= 0.3 is 0 Å². The molecule has 0 bridgehead atoms. The number of pyridine rings is 1. The Morgan fingerprint density at radius 2 is 1.97 bits per heavy atom. The van der Waals surface area contributed by atoms with Gasteiger partial charge in [-0.05, 0) is 62.0 Å². The van der Waals surface area contributed by atoms with Crippen molar-refractivity contribution >= 4 is 28.9 Å². The SMILES string of the molecule is COCCn1c(C)cc([C@H]2[C@H](c3ccccn3)NC(=S)N2CCC(=O)Nc2ccccc2F)c1C. The molecule has 7 nitrogen and oxygen atoms in total. The monoisotopic (exact) mass is 495 g/mol. The molecule has 2 atom stereocenters. The lowest BCUT2D eigenvalue weighted by atomic mass is 9.96. The molecule has 2 aromatic heterocycles. The highest BCUT2D eigenvalue weighted by atomic mass is 32.1. The Bertz CT molecular complexity index is 1200. The van der Waals surface area contributed by atoms with E-state index in [9.17, 15) is 9.18 Å². The highest BCUT2D eigenvalue weighted by molar-refractivity contribution is 7.80. The number of hydrogen-bond donors (Lipinski definition) is 2. The summed E-state index contributed by atoms with van der Waals surface area (Å²) in [6, 6.07) is 13.8. The van der Waals surface area contributed by atoms with Crippen LogP contribution in [0.5, 0.6) is 0 Å². The fourth-order valence-electron chi connectivity index (χ4n) is 4.64. The van der Waals surface area contributed by atoms with Crippen molar-refractivity contribution in [3.05, 3.63) is 83.2 Å². The number of thiocarbonyl (C=S) groups is 1. The minimum atomic E-state index is -0.462. The number of benzene rings is 1. The number of anilines is 1. The number of aryl methyl sites for hydroxylation is 1. The third kappa shape index (κ3) is 5.36. The van der Waals surface area contributed by atoms with Crippen molar-refractivity contribution in [3.63, 3.8) is 0 Å². The minimum absolute atomic E-state index is 0.152. The van der Waals surface area contributed by atoms with Gasteiger partial charge in [0.1, 0.15) is 5.82 Å². The van der Waals surface area contributed by atoms with Gasteiger partial charge in [-0.15, -0.1) is 0 Å². The molecule has 0 spiro atoms. The zero-order chi connectivity index (χ0) is 24.9. The van der Waals surface area contributed by atoms with E-state index in [2.05, 4.69) is 40.1 Å². The van der Waals surface area contributed by atoms with Crippen molar-refractivity contribution < 1.29 is 13.9 Å². The van der Waals surface area contributed by atoms with Crippen molar-refractivity contribution in [2.24, 2.45) is 0 Å². The summed E-state index contributed by atoms with van der Waals surface area (Å²) in [7, 11) is 1.69. The maximum absolute atomic E-state index is 14.0. The number of ether oxygens (including phenoxy) is 1. The van der Waals surface area contributed by atoms with Crippen LogP contribution in [0.4, 0.5) is 10.1 Å². The summed E-state index contributed by atoms with van der Waals surface area (Å²) in [6.45, 7) is 5.91. The Labute approximate surface area is 210 Å². The normalized spacial score (nSPS) is 17.5. The third-order valence-electron chi connectivity index (χ3n) is 6.38. The van der Waals surface area contributed by atoms with Crippen LogP contribution in [0.15, 0.2) is 54.7 Å². The molecule has 3 aromatic rings. The van der Waals surface area contributed by atoms with Gasteiger partial charge in [-0.3, -0.25) is 9.78 Å². The van der Waals surface area contributed by atoms with Crippen LogP contribution < -0.4 is 10.6 Å². The van der Waals surface area contributed by atoms with Crippen LogP contribution in [0.3, 0.4) is 0 Å². The minimum Gasteiger partial charge on any atom is -0.383 e. The summed E-state index contributed by atoms with van der Waals surface area (Å²) < 4.78 is 21.5. The summed E-state index contributed by atoms with van der Waals surface area (Å²) in [6.07, 6.45) is 1.92. The van der Waals surface area contributed by atoms with Gasteiger partial charge < -0.3 is 24.8 Å². The number of rotatable bonds is 9. The number of methoxy groups -OCH3 is 1. The number of hydrogen-bond acceptors (Lipinski definition) is 4. The predicted molar refractivity (Wildman–Crippen MR) is 138 cm³/mol. The first-order valence-corrected chi connectivity index (χ1v) is 12.0. The number of amides is 1. The first kappa shape index (κ1) is 24.8. The second kappa shape index (κ2) is 11.0. The number of halogens is 1. The van der Waals surface area contributed by atoms with Gasteiger partial charge in [-0.25, -0.2) is 4.39 Å². The molecule has 2 N–H and O–H groups in total. The average molecular weight is 496 g/mol. The van der Waals surface area contributed by atoms with Crippen molar-refractivity contribution in [1.29, 1.82) is 0 Å². The fourth-order valence-corrected chi connectivity index (χ4v) is 4.97. The lowest BCUT2D eigenvalue weighted by molar-refractivity contribution is -0.116. The van der Waals surface area contributed by atoms with Crippen LogP contribution in [0, 0.1) is 19.7 Å². The number of aromatic nitrogens is 2. The van der Waals surface area contributed by atoms with Crippen molar-refractivity contribution in [1.82, 2.24) is 19.8 Å². The van der Waals surface area contributed by atoms with Crippen molar-refractivity contribution in [3.8, 4) is 0 Å². The van der Waals surface area contributed by atoms with Crippen LogP contribution in [0.1, 0.15) is 41.1 Å². The fraction of sp³-hybridized carbons (Fsp3) is 0.346. The van der Waals surface area contributed by atoms with Crippen LogP contribution in [-0.2, 0) is 16.1 Å². The summed E-state index contributed by atoms with van der Waals surface area (Å²) in [4.78, 5) is 19.3. The summed E-state index contributed by atoms with van der Waals surface area (Å²) >= 11 is 5.72. The molecule has 1 amide bonds. The van der Waals surface area contributed by atoms with E-state index < -0.39 is 5.82 Å². The Morgan fingerprint density at radius 1 is 1.20 bits per heavy atom. The first-order chi connectivity index (χ1) is 16.9. The van der Waals surface area contributed by atoms with Crippen LogP contribution in [-0.4, -0.2) is 45.7 Å². The molecule has 35 heavy (non-hydrogen) atoms. The standard InChI is InChI=1S/C26H30FN5O2S/c1-17-16-19(18(2)31(17)14-15-34-3)25-24(22-10-6-7-12-28-22)30-26(35)32(25)13-11-23(33)29-21-9-5-4-8-20(21)27/h4-10,12,16,24-25H,11,13-15H2,1-3H3,(H,29,33)(H,30,35)/t24-,25-/m0/s1. The summed E-state index contributed by atoms with van der Waals surface area (Å²) in [5.41, 5.74) is 4.42. The van der Waals surface area contributed by atoms with Crippen LogP contribution >= 0.6 is 12.2 Å². The molecule has 1 fully saturated rings. The van der Waals surface area contributed by atoms with Crippen molar-refractivity contribution in [2.75, 3.05) is 25.6 Å². The summed E-state index contributed by atoms with van der Waals surface area (Å²) in [5.74, 6) is -0.737. The van der Waals surface area contributed by atoms with E-state index in [4.69, 9.17) is 17.0 Å². The largest absolute Gasteiger partial charge is 0.383 e. The lowest BCUT2D eigenvalue weighted by Gasteiger charge is -2.28. The molecule has 0 aliphatic carbocycles. The average Bonchev–Trinajstić information content (AvgIpc) is 3.33. The van der Waals surface area contributed by atoms with E-state index in [0.717, 1.165) is 29.2 Å². The van der Waals surface area contributed by atoms with E-state index >= 15 is 0 Å². The number of carbonyl (C=O) groups is 1. The number of para-hydroxylation sites is 1. The van der Waals surface area contributed by atoms with Gasteiger partial charge in [0.05, 0.1) is 30.1 Å². The van der Waals surface area contributed by atoms with Gasteiger partial charge in [-0.1, -0.05) is 18.2 Å². The molecule has 184 valence electrons. The molecule has 4 rings (SSSR count). The second-order valence-corrected chi connectivity index (χ2v) is 8.96. The highest BCUT2D eigenvalue weighted by Gasteiger charge is 2.41. The molecule has 1 aliphatic heterocycles. The molecule has 0 saturated carbocycles. The van der Waals surface area contributed by atoms with Gasteiger partial charge in [0.25, 0.3) is 0 Å². The predicted octanol–water partition coefficient (Wildman–Crippen LogP) is 4.29. The quantitative estimate of drug-likeness (QED) is 0.432. The van der Waals surface area contributed by atoms with Gasteiger partial charge in [0.15, 0.2) is 5.11 Å². The topological polar surface area (TPSA) is 71.4 Å². The second-order valence-electron chi connectivity index (χ2n) is 8.57. The molecule has 1 saturated heterocycles. The van der Waals surface area contributed by atoms with Crippen LogP contribution in [0.2, 0.25) is 0 Å². The maximum atomic E-state index is 14.0. The van der Waals surface area contributed by atoms with Gasteiger partial charge in [0.2, 0.25) is 5.91 Å². The van der Waals surface area contributed by atoms with E-state index in [1.807, 2.05) is 23.1 Å². The highest BCUT2D eigenvalue weighted by Crippen LogP contribution is 2.40. The van der Waals surface area contributed by atoms with Crippen LogP contribution in [0.25, 0.3) is 0 Å². The molecule has 9 heteroatoms. The Hall–Kier alpha value is -3.30. The third-order valence-corrected chi connectivity index (χ3v) is 6.73. The Balaban J connectivity index is 1.61. The van der Waals surface area contributed by atoms with E-state index in [-0.39, 0.29) is 30.1 Å².